The molecule has 2 rings (SSSR count). The lowest BCUT2D eigenvalue weighted by molar-refractivity contribution is 0.0400. The highest BCUT2D eigenvalue weighted by Gasteiger charge is 2.25. The minimum atomic E-state index is 0.499. The van der Waals surface area contributed by atoms with Gasteiger partial charge in [0.15, 0.2) is 0 Å². The zero-order valence-corrected chi connectivity index (χ0v) is 11.9. The van der Waals surface area contributed by atoms with Gasteiger partial charge in [-0.3, -0.25) is 4.90 Å². The number of ether oxygens (including phenoxy) is 2. The molecule has 1 heterocycles. The van der Waals surface area contributed by atoms with Crippen molar-refractivity contribution in [1.82, 2.24) is 10.2 Å². The summed E-state index contributed by atoms with van der Waals surface area (Å²) in [5.41, 5.74) is 0. The third-order valence-corrected chi connectivity index (χ3v) is 4.09. The van der Waals surface area contributed by atoms with Crippen molar-refractivity contribution in [2.24, 2.45) is 5.92 Å². The van der Waals surface area contributed by atoms with Crippen LogP contribution in [0.3, 0.4) is 0 Å². The van der Waals surface area contributed by atoms with Gasteiger partial charge in [0.1, 0.15) is 0 Å². The quantitative estimate of drug-likeness (QED) is 0.705. The summed E-state index contributed by atoms with van der Waals surface area (Å²) in [6, 6.07) is 1.28. The monoisotopic (exact) mass is 256 g/mol. The Morgan fingerprint density at radius 2 is 2.00 bits per heavy atom. The minimum Gasteiger partial charge on any atom is -0.383 e. The van der Waals surface area contributed by atoms with Crippen LogP contribution in [0.15, 0.2) is 0 Å². The summed E-state index contributed by atoms with van der Waals surface area (Å²) >= 11 is 0. The van der Waals surface area contributed by atoms with Gasteiger partial charge in [0.05, 0.1) is 6.61 Å². The lowest BCUT2D eigenvalue weighted by Gasteiger charge is -2.32. The summed E-state index contributed by atoms with van der Waals surface area (Å²) in [4.78, 5) is 2.47. The molecule has 0 aromatic heterocycles. The van der Waals surface area contributed by atoms with Crippen molar-refractivity contribution in [2.45, 2.75) is 37.8 Å². The van der Waals surface area contributed by atoms with Crippen LogP contribution in [-0.2, 0) is 9.47 Å². The maximum absolute atomic E-state index is 5.42. The van der Waals surface area contributed by atoms with Crippen molar-refractivity contribution in [1.29, 1.82) is 0 Å². The molecular weight excluding hydrogens is 228 g/mol. The number of hydrogen-bond donors (Lipinski definition) is 1. The fourth-order valence-corrected chi connectivity index (χ4v) is 2.61. The minimum absolute atomic E-state index is 0.499. The van der Waals surface area contributed by atoms with Gasteiger partial charge in [-0.1, -0.05) is 0 Å². The number of likely N-dealkylation sites (N-methyl/N-ethyl adjacent to an activating group) is 1. The van der Waals surface area contributed by atoms with E-state index >= 15 is 0 Å². The second-order valence-corrected chi connectivity index (χ2v) is 5.79. The Bertz CT molecular complexity index is 228. The van der Waals surface area contributed by atoms with Crippen LogP contribution >= 0.6 is 0 Å². The normalized spacial score (nSPS) is 23.5. The molecule has 0 bridgehead atoms. The fraction of sp³-hybridized carbons (Fsp3) is 1.00. The first-order chi connectivity index (χ1) is 8.79. The maximum atomic E-state index is 5.42. The number of nitrogens with zero attached hydrogens (tertiary/aromatic N) is 1. The van der Waals surface area contributed by atoms with Crippen molar-refractivity contribution in [2.75, 3.05) is 47.1 Å². The lowest BCUT2D eigenvalue weighted by Crippen LogP contribution is -2.46. The van der Waals surface area contributed by atoms with Gasteiger partial charge < -0.3 is 14.8 Å². The van der Waals surface area contributed by atoms with E-state index in [9.17, 15) is 0 Å². The average molecular weight is 256 g/mol. The van der Waals surface area contributed by atoms with E-state index in [0.717, 1.165) is 38.3 Å². The first kappa shape index (κ1) is 14.3. The molecule has 4 nitrogen and oxygen atoms in total. The standard InChI is InChI=1S/C14H28N2O2/c1-16(10-12-5-7-18-8-6-12)14(11-17-2)9-15-13-3-4-13/h12-15H,3-11H2,1-2H3. The van der Waals surface area contributed by atoms with Crippen molar-refractivity contribution in [3.63, 3.8) is 0 Å². The van der Waals surface area contributed by atoms with E-state index in [1.54, 1.807) is 7.11 Å². The van der Waals surface area contributed by atoms with Gasteiger partial charge in [-0.05, 0) is 38.6 Å². The first-order valence-corrected chi connectivity index (χ1v) is 7.30. The Hall–Kier alpha value is -0.160. The van der Waals surface area contributed by atoms with Gasteiger partial charge in [0, 0.05) is 45.5 Å². The van der Waals surface area contributed by atoms with E-state index in [1.807, 2.05) is 0 Å². The van der Waals surface area contributed by atoms with Crippen LogP contribution in [0.25, 0.3) is 0 Å². The summed E-state index contributed by atoms with van der Waals surface area (Å²) in [5.74, 6) is 0.795. The van der Waals surface area contributed by atoms with Gasteiger partial charge in [0.2, 0.25) is 0 Å². The second kappa shape index (κ2) is 7.43. The molecule has 1 aliphatic heterocycles. The molecule has 0 radical (unpaired) electrons. The molecule has 18 heavy (non-hydrogen) atoms. The molecule has 0 aromatic carbocycles. The van der Waals surface area contributed by atoms with E-state index in [1.165, 1.54) is 32.2 Å². The molecule has 0 spiro atoms. The highest BCUT2D eigenvalue weighted by Crippen LogP contribution is 2.19. The SMILES string of the molecule is COCC(CNC1CC1)N(C)CC1CCOCC1. The third kappa shape index (κ3) is 4.84. The average Bonchev–Trinajstić information content (AvgIpc) is 3.19. The third-order valence-electron chi connectivity index (χ3n) is 4.09. The van der Waals surface area contributed by atoms with E-state index < -0.39 is 0 Å². The highest BCUT2D eigenvalue weighted by atomic mass is 16.5. The van der Waals surface area contributed by atoms with Crippen molar-refractivity contribution in [3.8, 4) is 0 Å². The van der Waals surface area contributed by atoms with E-state index in [4.69, 9.17) is 9.47 Å². The first-order valence-electron chi connectivity index (χ1n) is 7.30. The topological polar surface area (TPSA) is 33.7 Å². The Labute approximate surface area is 111 Å². The lowest BCUT2D eigenvalue weighted by atomic mass is 9.99. The molecule has 1 unspecified atom stereocenters. The van der Waals surface area contributed by atoms with Crippen LogP contribution in [0.2, 0.25) is 0 Å². The predicted octanol–water partition coefficient (Wildman–Crippen LogP) is 1.11. The molecule has 2 aliphatic rings. The molecule has 1 N–H and O–H groups in total. The molecule has 1 saturated heterocycles. The van der Waals surface area contributed by atoms with Gasteiger partial charge in [-0.2, -0.15) is 0 Å². The summed E-state index contributed by atoms with van der Waals surface area (Å²) in [6.45, 7) is 4.92. The van der Waals surface area contributed by atoms with Gasteiger partial charge >= 0.3 is 0 Å². The number of rotatable bonds is 8. The van der Waals surface area contributed by atoms with E-state index in [2.05, 4.69) is 17.3 Å². The molecule has 1 aliphatic carbocycles. The van der Waals surface area contributed by atoms with Crippen LogP contribution in [0.5, 0.6) is 0 Å². The van der Waals surface area contributed by atoms with E-state index in [-0.39, 0.29) is 0 Å². The van der Waals surface area contributed by atoms with Gasteiger partial charge in [-0.15, -0.1) is 0 Å². The molecule has 1 saturated carbocycles. The highest BCUT2D eigenvalue weighted by molar-refractivity contribution is 4.84. The Balaban J connectivity index is 1.71. The van der Waals surface area contributed by atoms with Gasteiger partial charge in [-0.25, -0.2) is 0 Å². The Morgan fingerprint density at radius 3 is 2.61 bits per heavy atom. The van der Waals surface area contributed by atoms with E-state index in [0.29, 0.717) is 6.04 Å². The van der Waals surface area contributed by atoms with Crippen LogP contribution in [-0.4, -0.2) is 64.1 Å². The second-order valence-electron chi connectivity index (χ2n) is 5.79. The number of hydrogen-bond acceptors (Lipinski definition) is 4. The van der Waals surface area contributed by atoms with Crippen LogP contribution in [0.1, 0.15) is 25.7 Å². The molecule has 2 fully saturated rings. The maximum Gasteiger partial charge on any atom is 0.0630 e. The molecule has 4 heteroatoms. The van der Waals surface area contributed by atoms with Crippen LogP contribution < -0.4 is 5.32 Å². The Kier molecular flexibility index (Phi) is 5.89. The van der Waals surface area contributed by atoms with Crippen LogP contribution in [0, 0.1) is 5.92 Å². The smallest absolute Gasteiger partial charge is 0.0630 e. The summed E-state index contributed by atoms with van der Waals surface area (Å²) < 4.78 is 10.8. The largest absolute Gasteiger partial charge is 0.383 e. The molecular formula is C14H28N2O2. The van der Waals surface area contributed by atoms with Crippen LogP contribution in [0.4, 0.5) is 0 Å². The zero-order chi connectivity index (χ0) is 12.8. The van der Waals surface area contributed by atoms with Crippen molar-refractivity contribution >= 4 is 0 Å². The molecule has 106 valence electrons. The van der Waals surface area contributed by atoms with Gasteiger partial charge in [0.25, 0.3) is 0 Å². The molecule has 0 amide bonds. The number of methoxy groups -OCH3 is 1. The summed E-state index contributed by atoms with van der Waals surface area (Å²) in [5, 5.41) is 3.61. The van der Waals surface area contributed by atoms with Crippen molar-refractivity contribution < 1.29 is 9.47 Å². The molecule has 1 atom stereocenters. The summed E-state index contributed by atoms with van der Waals surface area (Å²) in [6.07, 6.45) is 5.12. The zero-order valence-electron chi connectivity index (χ0n) is 11.9. The Morgan fingerprint density at radius 1 is 1.28 bits per heavy atom. The molecule has 0 aromatic rings. The fourth-order valence-electron chi connectivity index (χ4n) is 2.61. The predicted molar refractivity (Wildman–Crippen MR) is 72.9 cm³/mol. The van der Waals surface area contributed by atoms with Crippen molar-refractivity contribution in [3.05, 3.63) is 0 Å². The summed E-state index contributed by atoms with van der Waals surface area (Å²) in [7, 11) is 4.03. The number of nitrogens with one attached hydrogen (secondary N) is 1.